The van der Waals surface area contributed by atoms with Gasteiger partial charge in [0, 0.05) is 17.5 Å². The van der Waals surface area contributed by atoms with Crippen LogP contribution in [0.1, 0.15) is 39.4 Å². The van der Waals surface area contributed by atoms with E-state index in [0.717, 1.165) is 5.82 Å². The van der Waals surface area contributed by atoms with E-state index in [-0.39, 0.29) is 0 Å². The fourth-order valence-electron chi connectivity index (χ4n) is 1.98. The summed E-state index contributed by atoms with van der Waals surface area (Å²) < 4.78 is 9.66. The van der Waals surface area contributed by atoms with Gasteiger partial charge in [0.15, 0.2) is 0 Å². The van der Waals surface area contributed by atoms with Crippen LogP contribution < -0.4 is 4.74 Å². The average molecular weight is 212 g/mol. The molecule has 1 aliphatic carbocycles. The van der Waals surface area contributed by atoms with Crippen molar-refractivity contribution in [1.82, 2.24) is 9.36 Å². The first-order chi connectivity index (χ1) is 6.57. The number of nitrogens with zero attached hydrogens (tertiary/aromatic N) is 2. The Bertz CT molecular complexity index is 335. The Hall–Kier alpha value is -0.640. The van der Waals surface area contributed by atoms with Gasteiger partial charge in [0.1, 0.15) is 5.82 Å². The van der Waals surface area contributed by atoms with Gasteiger partial charge in [-0.25, -0.2) is 0 Å². The third-order valence-electron chi connectivity index (χ3n) is 3.34. The van der Waals surface area contributed by atoms with E-state index < -0.39 is 0 Å². The smallest absolute Gasteiger partial charge is 0.293 e. The van der Waals surface area contributed by atoms with E-state index in [0.29, 0.717) is 29.1 Å². The van der Waals surface area contributed by atoms with Crippen molar-refractivity contribution in [3.8, 4) is 5.19 Å². The Morgan fingerprint density at radius 2 is 2.14 bits per heavy atom. The average Bonchev–Trinajstić information content (AvgIpc) is 2.52. The minimum atomic E-state index is 0.366. The molecule has 0 N–H and O–H groups in total. The molecule has 78 valence electrons. The summed E-state index contributed by atoms with van der Waals surface area (Å²) >= 11 is 1.36. The molecule has 0 bridgehead atoms. The van der Waals surface area contributed by atoms with E-state index in [2.05, 4.69) is 30.1 Å². The van der Waals surface area contributed by atoms with Gasteiger partial charge in [-0.3, -0.25) is 0 Å². The van der Waals surface area contributed by atoms with E-state index >= 15 is 0 Å². The highest BCUT2D eigenvalue weighted by molar-refractivity contribution is 7.07. The monoisotopic (exact) mass is 212 g/mol. The molecule has 1 aromatic rings. The van der Waals surface area contributed by atoms with Gasteiger partial charge < -0.3 is 4.74 Å². The third-order valence-corrected chi connectivity index (χ3v) is 3.98. The first-order valence-electron chi connectivity index (χ1n) is 5.03. The highest BCUT2D eigenvalue weighted by Gasteiger charge is 2.57. The molecule has 0 aromatic carbocycles. The van der Waals surface area contributed by atoms with Crippen LogP contribution in [0.4, 0.5) is 0 Å². The number of aromatic nitrogens is 2. The zero-order valence-electron chi connectivity index (χ0n) is 9.07. The molecule has 0 amide bonds. The van der Waals surface area contributed by atoms with E-state index in [1.807, 2.05) is 6.92 Å². The summed E-state index contributed by atoms with van der Waals surface area (Å²) in [7, 11) is 0. The number of hydrogen-bond acceptors (Lipinski definition) is 4. The first kappa shape index (κ1) is 9.90. The van der Waals surface area contributed by atoms with Crippen LogP contribution in [0.3, 0.4) is 0 Å². The molecule has 0 saturated heterocycles. The maximum Gasteiger partial charge on any atom is 0.293 e. The Labute approximate surface area is 88.7 Å². The van der Waals surface area contributed by atoms with Gasteiger partial charge in [-0.15, -0.1) is 0 Å². The standard InChI is InChI=1S/C10H16N2OS/c1-5-13-9-11-8(12-14-9)7-6(2)10(7,3)4/h6-7H,5H2,1-4H3/t6-,7+/m1/s1. The summed E-state index contributed by atoms with van der Waals surface area (Å²) in [5.41, 5.74) is 0.366. The maximum absolute atomic E-state index is 5.31. The van der Waals surface area contributed by atoms with E-state index in [4.69, 9.17) is 4.74 Å². The van der Waals surface area contributed by atoms with Crippen LogP contribution in [0.2, 0.25) is 0 Å². The third kappa shape index (κ3) is 1.41. The predicted octanol–water partition coefficient (Wildman–Crippen LogP) is 2.70. The van der Waals surface area contributed by atoms with Crippen LogP contribution in [0.5, 0.6) is 5.19 Å². The molecule has 0 spiro atoms. The predicted molar refractivity (Wildman–Crippen MR) is 56.8 cm³/mol. The minimum absolute atomic E-state index is 0.366. The van der Waals surface area contributed by atoms with Crippen LogP contribution in [-0.2, 0) is 0 Å². The van der Waals surface area contributed by atoms with Gasteiger partial charge in [-0.05, 0) is 18.3 Å². The Balaban J connectivity index is 2.12. The lowest BCUT2D eigenvalue weighted by Crippen LogP contribution is -1.93. The number of rotatable bonds is 3. The van der Waals surface area contributed by atoms with Gasteiger partial charge in [0.05, 0.1) is 6.61 Å². The maximum atomic E-state index is 5.31. The topological polar surface area (TPSA) is 35.0 Å². The molecular weight excluding hydrogens is 196 g/mol. The summed E-state index contributed by atoms with van der Waals surface area (Å²) in [5, 5.41) is 0.706. The lowest BCUT2D eigenvalue weighted by atomic mass is 10.1. The highest BCUT2D eigenvalue weighted by Crippen LogP contribution is 2.63. The number of ether oxygens (including phenoxy) is 1. The van der Waals surface area contributed by atoms with Crippen molar-refractivity contribution in [3.63, 3.8) is 0 Å². The van der Waals surface area contributed by atoms with Crippen LogP contribution in [-0.4, -0.2) is 16.0 Å². The molecule has 0 unspecified atom stereocenters. The molecular formula is C10H16N2OS. The lowest BCUT2D eigenvalue weighted by Gasteiger charge is -1.97. The molecule has 14 heavy (non-hydrogen) atoms. The van der Waals surface area contributed by atoms with Crippen LogP contribution in [0.25, 0.3) is 0 Å². The molecule has 0 aliphatic heterocycles. The zero-order chi connectivity index (χ0) is 10.3. The second kappa shape index (κ2) is 3.19. The largest absolute Gasteiger partial charge is 0.469 e. The van der Waals surface area contributed by atoms with Gasteiger partial charge in [0.25, 0.3) is 5.19 Å². The second-order valence-corrected chi connectivity index (χ2v) is 5.15. The Kier molecular flexibility index (Phi) is 2.26. The Morgan fingerprint density at radius 3 is 2.64 bits per heavy atom. The van der Waals surface area contributed by atoms with Crippen LogP contribution >= 0.6 is 11.5 Å². The fraction of sp³-hybridized carbons (Fsp3) is 0.800. The molecule has 0 radical (unpaired) electrons. The van der Waals surface area contributed by atoms with E-state index in [1.165, 1.54) is 11.5 Å². The molecule has 2 rings (SSSR count). The van der Waals surface area contributed by atoms with Crippen molar-refractivity contribution < 1.29 is 4.74 Å². The van der Waals surface area contributed by atoms with Crippen molar-refractivity contribution in [2.45, 2.75) is 33.6 Å². The number of hydrogen-bond donors (Lipinski definition) is 0. The molecule has 1 heterocycles. The summed E-state index contributed by atoms with van der Waals surface area (Å²) in [6, 6.07) is 0. The SMILES string of the molecule is CCOc1nc([C@@H]2[C@@H](C)C2(C)C)ns1. The van der Waals surface area contributed by atoms with Crippen molar-refractivity contribution in [2.75, 3.05) is 6.61 Å². The second-order valence-electron chi connectivity index (χ2n) is 4.44. The Morgan fingerprint density at radius 1 is 1.50 bits per heavy atom. The van der Waals surface area contributed by atoms with Gasteiger partial charge in [0.2, 0.25) is 0 Å². The molecule has 2 atom stereocenters. The van der Waals surface area contributed by atoms with Crippen LogP contribution in [0, 0.1) is 11.3 Å². The van der Waals surface area contributed by atoms with Gasteiger partial charge >= 0.3 is 0 Å². The summed E-state index contributed by atoms with van der Waals surface area (Å²) in [6.07, 6.45) is 0. The van der Waals surface area contributed by atoms with Gasteiger partial charge in [-0.1, -0.05) is 20.8 Å². The zero-order valence-corrected chi connectivity index (χ0v) is 9.89. The molecule has 1 fully saturated rings. The highest BCUT2D eigenvalue weighted by atomic mass is 32.1. The van der Waals surface area contributed by atoms with E-state index in [9.17, 15) is 0 Å². The summed E-state index contributed by atoms with van der Waals surface area (Å²) in [6.45, 7) is 9.42. The lowest BCUT2D eigenvalue weighted by molar-refractivity contribution is 0.337. The molecule has 1 saturated carbocycles. The normalized spacial score (nSPS) is 28.9. The van der Waals surface area contributed by atoms with Crippen molar-refractivity contribution in [3.05, 3.63) is 5.82 Å². The van der Waals surface area contributed by atoms with Crippen molar-refractivity contribution in [2.24, 2.45) is 11.3 Å². The summed E-state index contributed by atoms with van der Waals surface area (Å²) in [4.78, 5) is 4.39. The van der Waals surface area contributed by atoms with Crippen molar-refractivity contribution in [1.29, 1.82) is 0 Å². The van der Waals surface area contributed by atoms with Crippen molar-refractivity contribution >= 4 is 11.5 Å². The molecule has 1 aromatic heterocycles. The molecule has 4 heteroatoms. The fourth-order valence-corrected chi connectivity index (χ4v) is 2.61. The van der Waals surface area contributed by atoms with Crippen LogP contribution in [0.15, 0.2) is 0 Å². The molecule has 3 nitrogen and oxygen atoms in total. The first-order valence-corrected chi connectivity index (χ1v) is 5.81. The minimum Gasteiger partial charge on any atom is -0.469 e. The quantitative estimate of drug-likeness (QED) is 0.772. The van der Waals surface area contributed by atoms with E-state index in [1.54, 1.807) is 0 Å². The molecule has 1 aliphatic rings. The summed E-state index contributed by atoms with van der Waals surface area (Å²) in [5.74, 6) is 2.18. The van der Waals surface area contributed by atoms with Gasteiger partial charge in [-0.2, -0.15) is 9.36 Å².